The number of ether oxygens (including phenoxy) is 1. The number of nitrogens with zero attached hydrogens (tertiary/aromatic N) is 4. The molecule has 2 heterocycles. The molecule has 0 unspecified atom stereocenters. The molecule has 1 aromatic carbocycles. The Hall–Kier alpha value is -3.16. The number of hydrogen-bond acceptors (Lipinski definition) is 7. The second-order valence-electron chi connectivity index (χ2n) is 9.72. The Balaban J connectivity index is 2.02. The lowest BCUT2D eigenvalue weighted by atomic mass is 9.99. The first-order valence-corrected chi connectivity index (χ1v) is 13.5. The van der Waals surface area contributed by atoms with Crippen LogP contribution in [0.1, 0.15) is 38.1 Å². The average molecular weight is 537 g/mol. The maximum absolute atomic E-state index is 13.5. The molecule has 3 atom stereocenters. The first-order chi connectivity index (χ1) is 17.3. The number of aromatic nitrogens is 2. The van der Waals surface area contributed by atoms with Gasteiger partial charge in [0.05, 0.1) is 36.8 Å². The molecule has 0 spiro atoms. The molecular formula is C24H36N6O6S. The molecule has 37 heavy (non-hydrogen) atoms. The van der Waals surface area contributed by atoms with Gasteiger partial charge >= 0.3 is 6.03 Å². The Morgan fingerprint density at radius 2 is 2.03 bits per heavy atom. The monoisotopic (exact) mass is 536 g/mol. The minimum atomic E-state index is -3.91. The molecule has 0 bridgehead atoms. The van der Waals surface area contributed by atoms with Crippen LogP contribution < -0.4 is 15.4 Å². The van der Waals surface area contributed by atoms with Crippen LogP contribution in [0.3, 0.4) is 0 Å². The van der Waals surface area contributed by atoms with Gasteiger partial charge in [-0.2, -0.15) is 4.31 Å². The molecule has 12 nitrogen and oxygen atoms in total. The number of imidazole rings is 1. The van der Waals surface area contributed by atoms with Gasteiger partial charge in [-0.05, 0) is 32.9 Å². The van der Waals surface area contributed by atoms with Crippen LogP contribution in [-0.4, -0.2) is 89.2 Å². The number of carbonyl (C=O) groups excluding carboxylic acids is 2. The van der Waals surface area contributed by atoms with Crippen LogP contribution in [-0.2, 0) is 17.1 Å². The molecular weight excluding hydrogens is 500 g/mol. The Labute approximate surface area is 217 Å². The molecule has 0 saturated heterocycles. The van der Waals surface area contributed by atoms with E-state index in [1.807, 2.05) is 20.8 Å². The fourth-order valence-corrected chi connectivity index (χ4v) is 5.16. The second kappa shape index (κ2) is 11.5. The predicted molar refractivity (Wildman–Crippen MR) is 138 cm³/mol. The first kappa shape index (κ1) is 28.4. The minimum absolute atomic E-state index is 0.0401. The number of para-hydroxylation sites is 1. The summed E-state index contributed by atoms with van der Waals surface area (Å²) in [6, 6.07) is 3.75. The van der Waals surface area contributed by atoms with E-state index in [-0.39, 0.29) is 59.6 Å². The maximum atomic E-state index is 13.5. The number of carbonyl (C=O) groups is 2. The van der Waals surface area contributed by atoms with Gasteiger partial charge in [-0.1, -0.05) is 13.0 Å². The number of nitrogens with one attached hydrogen (secondary N) is 2. The van der Waals surface area contributed by atoms with Gasteiger partial charge in [0.25, 0.3) is 15.9 Å². The quantitative estimate of drug-likeness (QED) is 0.463. The second-order valence-corrected chi connectivity index (χ2v) is 11.7. The van der Waals surface area contributed by atoms with Crippen molar-refractivity contribution in [2.24, 2.45) is 13.0 Å². The number of rotatable bonds is 8. The van der Waals surface area contributed by atoms with Crippen molar-refractivity contribution in [3.8, 4) is 5.75 Å². The molecule has 0 fully saturated rings. The molecule has 3 amide bonds. The number of aliphatic hydroxyl groups is 1. The molecule has 3 rings (SSSR count). The van der Waals surface area contributed by atoms with Gasteiger partial charge in [0, 0.05) is 38.8 Å². The van der Waals surface area contributed by atoms with Crippen molar-refractivity contribution in [3.05, 3.63) is 36.3 Å². The van der Waals surface area contributed by atoms with Crippen molar-refractivity contribution in [2.75, 3.05) is 32.1 Å². The van der Waals surface area contributed by atoms with Gasteiger partial charge in [-0.15, -0.1) is 0 Å². The Morgan fingerprint density at radius 1 is 1.32 bits per heavy atom. The van der Waals surface area contributed by atoms with Crippen molar-refractivity contribution in [2.45, 2.75) is 50.9 Å². The van der Waals surface area contributed by atoms with Crippen LogP contribution in [0, 0.1) is 5.92 Å². The van der Waals surface area contributed by atoms with E-state index in [0.717, 1.165) is 0 Å². The number of fused-ring (bicyclic) bond motifs is 1. The zero-order chi connectivity index (χ0) is 27.5. The Bertz CT molecular complexity index is 1230. The van der Waals surface area contributed by atoms with Crippen LogP contribution in [0.25, 0.3) is 0 Å². The summed E-state index contributed by atoms with van der Waals surface area (Å²) >= 11 is 0. The normalized spacial score (nSPS) is 19.2. The average Bonchev–Trinajstić information content (AvgIpc) is 3.27. The molecule has 1 aliphatic rings. The highest BCUT2D eigenvalue weighted by Gasteiger charge is 2.36. The summed E-state index contributed by atoms with van der Waals surface area (Å²) in [7, 11) is -0.781. The summed E-state index contributed by atoms with van der Waals surface area (Å²) < 4.78 is 35.3. The minimum Gasteiger partial charge on any atom is -0.486 e. The van der Waals surface area contributed by atoms with Gasteiger partial charge in [0.1, 0.15) is 6.10 Å². The number of hydrogen-bond donors (Lipinski definition) is 3. The van der Waals surface area contributed by atoms with Crippen LogP contribution in [0.4, 0.5) is 10.5 Å². The highest BCUT2D eigenvalue weighted by Crippen LogP contribution is 2.35. The SMILES string of the molecule is CC(C)NC(=O)Nc1cccc2c1O[C@H](CN(C)S(=O)(=O)c1cn(C)cn1)[C@H](C)CN([C@@H](C)CO)C2=O. The summed E-state index contributed by atoms with van der Waals surface area (Å²) in [5.41, 5.74) is 0.477. The maximum Gasteiger partial charge on any atom is 0.319 e. The summed E-state index contributed by atoms with van der Waals surface area (Å²) in [4.78, 5) is 31.5. The van der Waals surface area contributed by atoms with Crippen LogP contribution in [0.15, 0.2) is 35.7 Å². The Morgan fingerprint density at radius 3 is 2.62 bits per heavy atom. The van der Waals surface area contributed by atoms with Crippen LogP contribution in [0.5, 0.6) is 5.75 Å². The lowest BCUT2D eigenvalue weighted by Crippen LogP contribution is -2.50. The van der Waals surface area contributed by atoms with E-state index < -0.39 is 28.2 Å². The molecule has 3 N–H and O–H groups in total. The largest absolute Gasteiger partial charge is 0.486 e. The number of benzene rings is 1. The summed E-state index contributed by atoms with van der Waals surface area (Å²) in [5.74, 6) is -0.545. The predicted octanol–water partition coefficient (Wildman–Crippen LogP) is 1.49. The summed E-state index contributed by atoms with van der Waals surface area (Å²) in [5, 5.41) is 15.2. The van der Waals surface area contributed by atoms with E-state index in [0.29, 0.717) is 0 Å². The van der Waals surface area contributed by atoms with Gasteiger partial charge in [0.15, 0.2) is 10.8 Å². The van der Waals surface area contributed by atoms with Crippen molar-refractivity contribution >= 4 is 27.6 Å². The van der Waals surface area contributed by atoms with Crippen molar-refractivity contribution in [3.63, 3.8) is 0 Å². The molecule has 2 aromatic rings. The third kappa shape index (κ3) is 6.40. The molecule has 1 aromatic heterocycles. The van der Waals surface area contributed by atoms with E-state index in [1.165, 1.54) is 23.9 Å². The standard InChI is InChI=1S/C24H36N6O6S/c1-15(2)26-24(33)27-19-9-7-8-18-22(19)36-20(16(3)10-30(23(18)32)17(4)13-31)11-29(6)37(34,35)21-12-28(5)14-25-21/h7-9,12,14-17,20,31H,10-11,13H2,1-6H3,(H2,26,27,33)/t16-,17+,20-/m1/s1. The lowest BCUT2D eigenvalue weighted by molar-refractivity contribution is 0.0389. The van der Waals surface area contributed by atoms with Gasteiger partial charge in [-0.3, -0.25) is 4.79 Å². The van der Waals surface area contributed by atoms with E-state index in [9.17, 15) is 23.1 Å². The molecule has 1 aliphatic heterocycles. The van der Waals surface area contributed by atoms with Gasteiger partial charge in [-0.25, -0.2) is 18.2 Å². The topological polar surface area (TPSA) is 146 Å². The number of sulfonamides is 1. The zero-order valence-electron chi connectivity index (χ0n) is 22.0. The van der Waals surface area contributed by atoms with Crippen molar-refractivity contribution < 1.29 is 27.9 Å². The number of aryl methyl sites for hydroxylation is 1. The fraction of sp³-hybridized carbons (Fsp3) is 0.542. The smallest absolute Gasteiger partial charge is 0.319 e. The molecule has 0 aliphatic carbocycles. The fourth-order valence-electron chi connectivity index (χ4n) is 4.01. The van der Waals surface area contributed by atoms with Crippen molar-refractivity contribution in [1.29, 1.82) is 0 Å². The number of aliphatic hydroxyl groups excluding tert-OH is 1. The highest BCUT2D eigenvalue weighted by molar-refractivity contribution is 7.89. The molecule has 204 valence electrons. The Kier molecular flexibility index (Phi) is 8.82. The van der Waals surface area contributed by atoms with Gasteiger partial charge < -0.3 is 29.9 Å². The van der Waals surface area contributed by atoms with E-state index in [2.05, 4.69) is 15.6 Å². The van der Waals surface area contributed by atoms with E-state index >= 15 is 0 Å². The van der Waals surface area contributed by atoms with Crippen LogP contribution in [0.2, 0.25) is 0 Å². The first-order valence-electron chi connectivity index (χ1n) is 12.1. The zero-order valence-corrected chi connectivity index (χ0v) is 22.8. The molecule has 13 heteroatoms. The van der Waals surface area contributed by atoms with E-state index in [1.54, 1.807) is 41.6 Å². The number of amides is 3. The molecule has 0 radical (unpaired) electrons. The third-order valence-corrected chi connectivity index (χ3v) is 7.86. The van der Waals surface area contributed by atoms with Crippen molar-refractivity contribution in [1.82, 2.24) is 24.1 Å². The highest BCUT2D eigenvalue weighted by atomic mass is 32.2. The molecule has 0 saturated carbocycles. The number of urea groups is 1. The lowest BCUT2D eigenvalue weighted by Gasteiger charge is -2.38. The summed E-state index contributed by atoms with van der Waals surface area (Å²) in [6.07, 6.45) is 2.13. The number of anilines is 1. The van der Waals surface area contributed by atoms with Crippen LogP contribution >= 0.6 is 0 Å². The van der Waals surface area contributed by atoms with E-state index in [4.69, 9.17) is 4.74 Å². The third-order valence-electron chi connectivity index (χ3n) is 6.15. The summed E-state index contributed by atoms with van der Waals surface area (Å²) in [6.45, 7) is 7.16. The number of likely N-dealkylation sites (N-methyl/N-ethyl adjacent to an activating group) is 1. The van der Waals surface area contributed by atoms with Gasteiger partial charge in [0.2, 0.25) is 0 Å².